The summed E-state index contributed by atoms with van der Waals surface area (Å²) in [7, 11) is 0. The lowest BCUT2D eigenvalue weighted by Gasteiger charge is -2.12. The molecule has 2 aromatic carbocycles. The summed E-state index contributed by atoms with van der Waals surface area (Å²) in [4.78, 5) is 16.7. The van der Waals surface area contributed by atoms with E-state index in [1.165, 1.54) is 26.0 Å². The van der Waals surface area contributed by atoms with Gasteiger partial charge in [-0.1, -0.05) is 19.9 Å². The van der Waals surface area contributed by atoms with Gasteiger partial charge in [-0.05, 0) is 37.6 Å². The van der Waals surface area contributed by atoms with Crippen molar-refractivity contribution in [2.75, 3.05) is 0 Å². The van der Waals surface area contributed by atoms with Crippen molar-refractivity contribution in [3.8, 4) is 5.69 Å². The maximum atomic E-state index is 14.0. The molecule has 3 rings (SSSR count). The van der Waals surface area contributed by atoms with Crippen LogP contribution in [0, 0.1) is 31.3 Å². The maximum Gasteiger partial charge on any atom is 0.266 e. The summed E-state index contributed by atoms with van der Waals surface area (Å²) in [6.07, 6.45) is 0. The predicted molar refractivity (Wildman–Crippen MR) is 88.0 cm³/mol. The first kappa shape index (κ1) is 17.7. The van der Waals surface area contributed by atoms with E-state index >= 15 is 0 Å². The van der Waals surface area contributed by atoms with Crippen LogP contribution in [0.3, 0.4) is 0 Å². The minimum atomic E-state index is -0.870. The first-order chi connectivity index (χ1) is 11.4. The van der Waals surface area contributed by atoms with Gasteiger partial charge in [0.05, 0.1) is 10.9 Å². The van der Waals surface area contributed by atoms with E-state index in [1.54, 1.807) is 0 Å². The van der Waals surface area contributed by atoms with E-state index in [0.29, 0.717) is 0 Å². The summed E-state index contributed by atoms with van der Waals surface area (Å²) < 4.78 is 42.4. The second-order valence-electron chi connectivity index (χ2n) is 4.99. The van der Waals surface area contributed by atoms with Gasteiger partial charge in [0, 0.05) is 6.07 Å². The first-order valence-electron chi connectivity index (χ1n) is 7.54. The van der Waals surface area contributed by atoms with Gasteiger partial charge in [0.15, 0.2) is 0 Å². The average molecular weight is 334 g/mol. The van der Waals surface area contributed by atoms with Crippen LogP contribution in [0.25, 0.3) is 16.6 Å². The number of halogens is 3. The fraction of sp³-hybridized carbons (Fsp3) is 0.222. The topological polar surface area (TPSA) is 34.9 Å². The number of fused-ring (bicyclic) bond motifs is 1. The zero-order valence-electron chi connectivity index (χ0n) is 13.8. The van der Waals surface area contributed by atoms with Crippen LogP contribution >= 0.6 is 0 Å². The molecule has 0 fully saturated rings. The number of nitrogens with zero attached hydrogens (tertiary/aromatic N) is 2. The number of benzene rings is 2. The maximum absolute atomic E-state index is 14.0. The molecule has 0 aliphatic rings. The third kappa shape index (κ3) is 2.91. The molecule has 0 unspecified atom stereocenters. The van der Waals surface area contributed by atoms with Crippen molar-refractivity contribution in [3.63, 3.8) is 0 Å². The van der Waals surface area contributed by atoms with Crippen molar-refractivity contribution in [3.05, 3.63) is 69.5 Å². The van der Waals surface area contributed by atoms with Crippen molar-refractivity contribution >= 4 is 10.9 Å². The Hall–Kier alpha value is -2.63. The van der Waals surface area contributed by atoms with E-state index in [2.05, 4.69) is 4.98 Å². The number of hydrogen-bond donors (Lipinski definition) is 0. The number of aromatic nitrogens is 2. The fourth-order valence-corrected chi connectivity index (χ4v) is 2.39. The largest absolute Gasteiger partial charge is 0.268 e. The molecule has 1 aromatic heterocycles. The lowest BCUT2D eigenvalue weighted by molar-refractivity contribution is 0.563. The summed E-state index contributed by atoms with van der Waals surface area (Å²) in [6, 6.07) is 5.80. The molecule has 0 aliphatic carbocycles. The van der Waals surface area contributed by atoms with Crippen LogP contribution in [0.15, 0.2) is 35.1 Å². The molecule has 0 saturated heterocycles. The molecular formula is C18H17F3N2O. The summed E-state index contributed by atoms with van der Waals surface area (Å²) in [5.74, 6) is -2.16. The van der Waals surface area contributed by atoms with Crippen molar-refractivity contribution in [1.82, 2.24) is 9.55 Å². The number of rotatable bonds is 1. The average Bonchev–Trinajstić information content (AvgIpc) is 2.54. The van der Waals surface area contributed by atoms with Crippen LogP contribution in [0.4, 0.5) is 13.2 Å². The molecule has 0 atom stereocenters. The Bertz CT molecular complexity index is 944. The van der Waals surface area contributed by atoms with Crippen molar-refractivity contribution in [2.24, 2.45) is 0 Å². The molecule has 0 saturated carbocycles. The second-order valence-corrected chi connectivity index (χ2v) is 4.99. The summed E-state index contributed by atoms with van der Waals surface area (Å²) in [6.45, 7) is 6.94. The molecule has 0 amide bonds. The van der Waals surface area contributed by atoms with E-state index in [1.807, 2.05) is 13.8 Å². The highest BCUT2D eigenvalue weighted by Gasteiger charge is 2.17. The minimum absolute atomic E-state index is 0.0738. The molecule has 0 bridgehead atoms. The zero-order valence-corrected chi connectivity index (χ0v) is 13.8. The Morgan fingerprint density at radius 3 is 2.12 bits per heavy atom. The van der Waals surface area contributed by atoms with Crippen LogP contribution in [0.1, 0.15) is 25.2 Å². The van der Waals surface area contributed by atoms with Crippen molar-refractivity contribution in [1.29, 1.82) is 0 Å². The molecule has 0 spiro atoms. The number of para-hydroxylation sites is 1. The summed E-state index contributed by atoms with van der Waals surface area (Å²) in [5, 5.41) is 0.104. The molecule has 126 valence electrons. The van der Waals surface area contributed by atoms with E-state index in [9.17, 15) is 18.0 Å². The van der Waals surface area contributed by atoms with Gasteiger partial charge in [-0.3, -0.25) is 9.36 Å². The Kier molecular flexibility index (Phi) is 5.07. The van der Waals surface area contributed by atoms with Gasteiger partial charge in [0.1, 0.15) is 29.0 Å². The van der Waals surface area contributed by atoms with E-state index < -0.39 is 28.7 Å². The van der Waals surface area contributed by atoms with Gasteiger partial charge in [-0.15, -0.1) is 0 Å². The molecule has 1 heterocycles. The quantitative estimate of drug-likeness (QED) is 0.659. The molecular weight excluding hydrogens is 317 g/mol. The van der Waals surface area contributed by atoms with Gasteiger partial charge in [0.25, 0.3) is 5.56 Å². The SMILES string of the molecule is CC.Cc1cc2c(=O)n(-c3c(F)cccc3F)c(C)nc2cc1F. The van der Waals surface area contributed by atoms with Crippen LogP contribution < -0.4 is 5.56 Å². The Morgan fingerprint density at radius 1 is 0.958 bits per heavy atom. The van der Waals surface area contributed by atoms with E-state index in [0.717, 1.165) is 22.8 Å². The highest BCUT2D eigenvalue weighted by molar-refractivity contribution is 5.79. The molecule has 6 heteroatoms. The van der Waals surface area contributed by atoms with Crippen LogP contribution in [-0.2, 0) is 0 Å². The smallest absolute Gasteiger partial charge is 0.266 e. The van der Waals surface area contributed by atoms with Gasteiger partial charge < -0.3 is 0 Å². The standard InChI is InChI=1S/C16H11F3N2O.C2H6/c1-8-6-10-14(7-13(8)19)20-9(2)21(16(10)22)15-11(17)4-3-5-12(15)18;1-2/h3-7H,1-2H3;1-2H3. The number of hydrogen-bond acceptors (Lipinski definition) is 2. The van der Waals surface area contributed by atoms with Gasteiger partial charge in [0.2, 0.25) is 0 Å². The summed E-state index contributed by atoms with van der Waals surface area (Å²) >= 11 is 0. The first-order valence-corrected chi connectivity index (χ1v) is 7.54. The van der Waals surface area contributed by atoms with Crippen LogP contribution in [-0.4, -0.2) is 9.55 Å². The van der Waals surface area contributed by atoms with Gasteiger partial charge >= 0.3 is 0 Å². The minimum Gasteiger partial charge on any atom is -0.268 e. The molecule has 3 nitrogen and oxygen atoms in total. The molecule has 24 heavy (non-hydrogen) atoms. The predicted octanol–water partition coefficient (Wildman–Crippen LogP) is 4.45. The fourth-order valence-electron chi connectivity index (χ4n) is 2.39. The molecule has 0 radical (unpaired) electrons. The van der Waals surface area contributed by atoms with Gasteiger partial charge in [-0.2, -0.15) is 0 Å². The monoisotopic (exact) mass is 334 g/mol. The molecule has 3 aromatic rings. The zero-order chi connectivity index (χ0) is 18.0. The van der Waals surface area contributed by atoms with Crippen molar-refractivity contribution in [2.45, 2.75) is 27.7 Å². The third-order valence-corrected chi connectivity index (χ3v) is 3.48. The van der Waals surface area contributed by atoms with E-state index in [-0.39, 0.29) is 22.3 Å². The molecule has 0 N–H and O–H groups in total. The van der Waals surface area contributed by atoms with E-state index in [4.69, 9.17) is 0 Å². The number of aryl methyl sites for hydroxylation is 2. The Balaban J connectivity index is 0.00000100. The highest BCUT2D eigenvalue weighted by Crippen LogP contribution is 2.20. The normalized spacial score (nSPS) is 10.5. The van der Waals surface area contributed by atoms with Crippen LogP contribution in [0.5, 0.6) is 0 Å². The lowest BCUT2D eigenvalue weighted by Crippen LogP contribution is -2.24. The summed E-state index contributed by atoms with van der Waals surface area (Å²) in [5.41, 5.74) is -0.717. The highest BCUT2D eigenvalue weighted by atomic mass is 19.1. The third-order valence-electron chi connectivity index (χ3n) is 3.48. The Morgan fingerprint density at radius 2 is 1.54 bits per heavy atom. The van der Waals surface area contributed by atoms with Crippen molar-refractivity contribution < 1.29 is 13.2 Å². The second kappa shape index (κ2) is 6.86. The van der Waals surface area contributed by atoms with Crippen LogP contribution in [0.2, 0.25) is 0 Å². The Labute approximate surface area is 137 Å². The lowest BCUT2D eigenvalue weighted by atomic mass is 10.1. The van der Waals surface area contributed by atoms with Gasteiger partial charge in [-0.25, -0.2) is 18.2 Å². The molecule has 0 aliphatic heterocycles.